The molecule has 0 unspecified atom stereocenters. The van der Waals surface area contributed by atoms with Crippen LogP contribution in [0.1, 0.15) is 48.7 Å². The summed E-state index contributed by atoms with van der Waals surface area (Å²) in [5.74, 6) is 0.671. The number of aromatic nitrogens is 2. The molecule has 2 aromatic rings. The molecular weight excluding hydrogens is 450 g/mol. The Balaban J connectivity index is 1.26. The van der Waals surface area contributed by atoms with E-state index in [2.05, 4.69) is 50.3 Å². The van der Waals surface area contributed by atoms with Crippen LogP contribution in [0.3, 0.4) is 0 Å². The van der Waals surface area contributed by atoms with E-state index in [1.54, 1.807) is 12.1 Å². The number of anilines is 2. The molecule has 1 aromatic heterocycles. The quantitative estimate of drug-likeness (QED) is 0.677. The van der Waals surface area contributed by atoms with Gasteiger partial charge in [0.1, 0.15) is 6.07 Å². The normalized spacial score (nSPS) is 21.1. The van der Waals surface area contributed by atoms with Crippen LogP contribution in [0.4, 0.5) is 11.5 Å². The van der Waals surface area contributed by atoms with E-state index in [0.29, 0.717) is 22.3 Å². The van der Waals surface area contributed by atoms with Crippen LogP contribution >= 0.6 is 11.6 Å². The average molecular weight is 482 g/mol. The molecule has 0 radical (unpaired) electrons. The second-order valence-corrected chi connectivity index (χ2v) is 9.47. The maximum absolute atomic E-state index is 12.7. The number of amides is 1. The fraction of sp³-hybridized carbons (Fsp3) is 0.520. The van der Waals surface area contributed by atoms with Gasteiger partial charge in [-0.2, -0.15) is 5.26 Å². The highest BCUT2D eigenvalue weighted by atomic mass is 35.5. The van der Waals surface area contributed by atoms with Gasteiger partial charge in [0, 0.05) is 51.0 Å². The van der Waals surface area contributed by atoms with E-state index in [0.717, 1.165) is 69.9 Å². The molecule has 180 valence electrons. The molecule has 8 nitrogen and oxygen atoms in total. The van der Waals surface area contributed by atoms with Crippen molar-refractivity contribution < 1.29 is 4.79 Å². The highest BCUT2D eigenvalue weighted by molar-refractivity contribution is 6.32. The highest BCUT2D eigenvalue weighted by Gasteiger charge is 2.26. The summed E-state index contributed by atoms with van der Waals surface area (Å²) in [6, 6.07) is 11.8. The highest BCUT2D eigenvalue weighted by Crippen LogP contribution is 2.29. The van der Waals surface area contributed by atoms with Crippen LogP contribution in [-0.4, -0.2) is 72.9 Å². The van der Waals surface area contributed by atoms with Crippen LogP contribution < -0.4 is 15.1 Å². The molecule has 1 saturated carbocycles. The maximum Gasteiger partial charge on any atom is 0.272 e. The molecule has 1 aromatic carbocycles. The minimum Gasteiger partial charge on any atom is -0.372 e. The van der Waals surface area contributed by atoms with E-state index in [9.17, 15) is 4.79 Å². The van der Waals surface area contributed by atoms with Crippen LogP contribution in [0, 0.1) is 11.3 Å². The van der Waals surface area contributed by atoms with E-state index < -0.39 is 0 Å². The first-order valence-electron chi connectivity index (χ1n) is 12.0. The Morgan fingerprint density at radius 2 is 1.88 bits per heavy atom. The number of hydrogen-bond donors (Lipinski definition) is 1. The number of rotatable bonds is 6. The van der Waals surface area contributed by atoms with Crippen LogP contribution in [0.25, 0.3) is 0 Å². The number of likely N-dealkylation sites (N-methyl/N-ethyl adjacent to an activating group) is 1. The number of nitrogens with one attached hydrogen (secondary N) is 1. The van der Waals surface area contributed by atoms with Gasteiger partial charge < -0.3 is 20.0 Å². The zero-order valence-corrected chi connectivity index (χ0v) is 20.6. The van der Waals surface area contributed by atoms with Crippen molar-refractivity contribution in [2.24, 2.45) is 0 Å². The molecule has 0 bridgehead atoms. The smallest absolute Gasteiger partial charge is 0.272 e. The van der Waals surface area contributed by atoms with E-state index >= 15 is 0 Å². The standard InChI is InChI=1S/C25H32ClN7O/c1-3-32-12-14-33(15-13-32)24-11-10-23(29-30-24)25(34)28-19-5-8-20(9-6-19)31(2)21-7-4-18(17-27)22(26)16-21/h4,7,10-11,16,19-20H,3,5-6,8-9,12-15H2,1-2H3,(H,28,34). The van der Waals surface area contributed by atoms with E-state index in [4.69, 9.17) is 16.9 Å². The van der Waals surface area contributed by atoms with E-state index in [1.807, 2.05) is 18.2 Å². The zero-order chi connectivity index (χ0) is 24.1. The Bertz CT molecular complexity index is 1020. The summed E-state index contributed by atoms with van der Waals surface area (Å²) in [5.41, 5.74) is 1.85. The van der Waals surface area contributed by atoms with Crippen molar-refractivity contribution in [3.8, 4) is 6.07 Å². The second kappa shape index (κ2) is 11.0. The number of nitriles is 1. The van der Waals surface area contributed by atoms with Crippen LogP contribution in [0.2, 0.25) is 5.02 Å². The van der Waals surface area contributed by atoms with Gasteiger partial charge in [0.15, 0.2) is 11.5 Å². The van der Waals surface area contributed by atoms with E-state index in [1.165, 1.54) is 0 Å². The largest absolute Gasteiger partial charge is 0.372 e. The van der Waals surface area contributed by atoms with Crippen LogP contribution in [-0.2, 0) is 0 Å². The molecular formula is C25H32ClN7O. The minimum atomic E-state index is -0.162. The number of nitrogens with zero attached hydrogens (tertiary/aromatic N) is 6. The second-order valence-electron chi connectivity index (χ2n) is 9.06. The van der Waals surface area contributed by atoms with Crippen molar-refractivity contribution in [1.29, 1.82) is 5.26 Å². The molecule has 1 amide bonds. The number of benzene rings is 1. The molecule has 1 saturated heterocycles. The Morgan fingerprint density at radius 3 is 2.47 bits per heavy atom. The van der Waals surface area contributed by atoms with Gasteiger partial charge in [0.05, 0.1) is 10.6 Å². The van der Waals surface area contributed by atoms with E-state index in [-0.39, 0.29) is 11.9 Å². The van der Waals surface area contributed by atoms with Gasteiger partial charge in [-0.3, -0.25) is 4.79 Å². The van der Waals surface area contributed by atoms with Crippen LogP contribution in [0.5, 0.6) is 0 Å². The molecule has 0 spiro atoms. The number of hydrogen-bond acceptors (Lipinski definition) is 7. The monoisotopic (exact) mass is 481 g/mol. The molecule has 2 fully saturated rings. The SMILES string of the molecule is CCN1CCN(c2ccc(C(=O)NC3CCC(N(C)c4ccc(C#N)c(Cl)c4)CC3)nn2)CC1. The number of carbonyl (C=O) groups is 1. The van der Waals surface area contributed by atoms with Gasteiger partial charge in [-0.1, -0.05) is 18.5 Å². The molecule has 2 aliphatic rings. The lowest BCUT2D eigenvalue weighted by Gasteiger charge is -2.36. The van der Waals surface area contributed by atoms with Crippen LogP contribution in [0.15, 0.2) is 30.3 Å². The topological polar surface area (TPSA) is 88.4 Å². The zero-order valence-electron chi connectivity index (χ0n) is 19.9. The molecule has 1 N–H and O–H groups in total. The molecule has 34 heavy (non-hydrogen) atoms. The van der Waals surface area contributed by atoms with Gasteiger partial charge in [-0.25, -0.2) is 0 Å². The van der Waals surface area contributed by atoms with Crippen molar-refractivity contribution in [3.63, 3.8) is 0 Å². The van der Waals surface area contributed by atoms with Crippen molar-refractivity contribution >= 4 is 29.0 Å². The average Bonchev–Trinajstić information content (AvgIpc) is 2.89. The number of piperazine rings is 1. The first-order chi connectivity index (χ1) is 16.5. The van der Waals surface area contributed by atoms with Crippen molar-refractivity contribution in [3.05, 3.63) is 46.6 Å². The molecule has 0 atom stereocenters. The van der Waals surface area contributed by atoms with Gasteiger partial charge in [0.25, 0.3) is 5.91 Å². The molecule has 2 heterocycles. The summed E-state index contributed by atoms with van der Waals surface area (Å²) in [7, 11) is 2.06. The summed E-state index contributed by atoms with van der Waals surface area (Å²) < 4.78 is 0. The molecule has 4 rings (SSSR count). The van der Waals surface area contributed by atoms with Gasteiger partial charge in [-0.15, -0.1) is 10.2 Å². The predicted molar refractivity (Wildman–Crippen MR) is 134 cm³/mol. The lowest BCUT2D eigenvalue weighted by Crippen LogP contribution is -2.46. The predicted octanol–water partition coefficient (Wildman–Crippen LogP) is 3.32. The third-order valence-electron chi connectivity index (χ3n) is 7.09. The van der Waals surface area contributed by atoms with Gasteiger partial charge in [0.2, 0.25) is 0 Å². The van der Waals surface area contributed by atoms with Crippen molar-refractivity contribution in [1.82, 2.24) is 20.4 Å². The van der Waals surface area contributed by atoms with Gasteiger partial charge in [-0.05, 0) is 62.6 Å². The Labute approximate surface area is 206 Å². The summed E-state index contributed by atoms with van der Waals surface area (Å²) in [5, 5.41) is 21.2. The third-order valence-corrected chi connectivity index (χ3v) is 7.40. The van der Waals surface area contributed by atoms with Gasteiger partial charge >= 0.3 is 0 Å². The summed E-state index contributed by atoms with van der Waals surface area (Å²) in [6.07, 6.45) is 3.73. The lowest BCUT2D eigenvalue weighted by molar-refractivity contribution is 0.0919. The number of carbonyl (C=O) groups excluding carboxylic acids is 1. The first-order valence-corrected chi connectivity index (χ1v) is 12.4. The summed E-state index contributed by atoms with van der Waals surface area (Å²) >= 11 is 6.20. The fourth-order valence-electron chi connectivity index (χ4n) is 4.80. The molecule has 1 aliphatic carbocycles. The number of halogens is 1. The first kappa shape index (κ1) is 24.2. The fourth-order valence-corrected chi connectivity index (χ4v) is 5.02. The minimum absolute atomic E-state index is 0.130. The Hall–Kier alpha value is -2.89. The maximum atomic E-state index is 12.7. The summed E-state index contributed by atoms with van der Waals surface area (Å²) in [6.45, 7) is 7.16. The Morgan fingerprint density at radius 1 is 1.15 bits per heavy atom. The third kappa shape index (κ3) is 5.60. The lowest BCUT2D eigenvalue weighted by atomic mass is 9.90. The molecule has 1 aliphatic heterocycles. The van der Waals surface area contributed by atoms with Crippen molar-refractivity contribution in [2.45, 2.75) is 44.7 Å². The Kier molecular flexibility index (Phi) is 7.86. The summed E-state index contributed by atoms with van der Waals surface area (Å²) in [4.78, 5) is 19.6. The van der Waals surface area contributed by atoms with Crippen molar-refractivity contribution in [2.75, 3.05) is 49.6 Å². The molecule has 9 heteroatoms.